The first-order valence-electron chi connectivity index (χ1n) is 10.1. The molecule has 6 heteroatoms. The highest BCUT2D eigenvalue weighted by atomic mass is 15.3. The summed E-state index contributed by atoms with van der Waals surface area (Å²) in [7, 11) is 0. The first-order valence-corrected chi connectivity index (χ1v) is 10.1. The van der Waals surface area contributed by atoms with E-state index in [0.717, 1.165) is 49.1 Å². The molecule has 28 heavy (non-hydrogen) atoms. The third-order valence-corrected chi connectivity index (χ3v) is 5.37. The molecule has 0 spiro atoms. The van der Waals surface area contributed by atoms with Gasteiger partial charge in [-0.05, 0) is 57.0 Å². The third-order valence-electron chi connectivity index (χ3n) is 5.37. The lowest BCUT2D eigenvalue weighted by Gasteiger charge is -2.32. The number of likely N-dealkylation sites (tertiary alicyclic amines) is 1. The van der Waals surface area contributed by atoms with Crippen LogP contribution in [-0.4, -0.2) is 37.7 Å². The fourth-order valence-electron chi connectivity index (χ4n) is 3.85. The molecular formula is C22H28N6. The Balaban J connectivity index is 1.44. The zero-order valence-corrected chi connectivity index (χ0v) is 16.7. The lowest BCUT2D eigenvalue weighted by molar-refractivity contribution is 0.198. The highest BCUT2D eigenvalue weighted by molar-refractivity contribution is 5.55. The Hall–Kier alpha value is -2.73. The molecule has 1 N–H and O–H groups in total. The van der Waals surface area contributed by atoms with Crippen molar-refractivity contribution in [1.29, 1.82) is 0 Å². The van der Waals surface area contributed by atoms with Crippen LogP contribution in [0.25, 0.3) is 0 Å². The second kappa shape index (κ2) is 8.52. The van der Waals surface area contributed by atoms with Crippen molar-refractivity contribution in [3.63, 3.8) is 0 Å². The van der Waals surface area contributed by atoms with Crippen molar-refractivity contribution in [1.82, 2.24) is 24.6 Å². The van der Waals surface area contributed by atoms with E-state index in [1.807, 2.05) is 23.0 Å². The Kier molecular flexibility index (Phi) is 5.67. The molecule has 1 atom stereocenters. The van der Waals surface area contributed by atoms with Gasteiger partial charge in [0, 0.05) is 49.2 Å². The predicted molar refractivity (Wildman–Crippen MR) is 112 cm³/mol. The zero-order valence-electron chi connectivity index (χ0n) is 16.7. The number of anilines is 2. The molecule has 0 aliphatic carbocycles. The SMILES string of the molecule is CCn1cc(CN2CCC[C@H](c3cccc(Nc4ncccc4C)n3)C2)cn1. The molecule has 1 aliphatic rings. The lowest BCUT2D eigenvalue weighted by Crippen LogP contribution is -2.34. The number of pyridine rings is 2. The second-order valence-corrected chi connectivity index (χ2v) is 7.52. The fraction of sp³-hybridized carbons (Fsp3) is 0.409. The number of nitrogens with zero attached hydrogens (tertiary/aromatic N) is 5. The van der Waals surface area contributed by atoms with E-state index in [1.165, 1.54) is 18.4 Å². The van der Waals surface area contributed by atoms with Crippen molar-refractivity contribution in [2.75, 3.05) is 18.4 Å². The van der Waals surface area contributed by atoms with Crippen LogP contribution in [0.1, 0.15) is 42.5 Å². The summed E-state index contributed by atoms with van der Waals surface area (Å²) in [6, 6.07) is 10.3. The Labute approximate surface area is 166 Å². The van der Waals surface area contributed by atoms with E-state index in [4.69, 9.17) is 4.98 Å². The summed E-state index contributed by atoms with van der Waals surface area (Å²) in [5, 5.41) is 7.76. The van der Waals surface area contributed by atoms with E-state index in [1.54, 1.807) is 6.20 Å². The summed E-state index contributed by atoms with van der Waals surface area (Å²) >= 11 is 0. The third kappa shape index (κ3) is 4.39. The molecule has 4 heterocycles. The van der Waals surface area contributed by atoms with Crippen molar-refractivity contribution in [2.24, 2.45) is 0 Å². The van der Waals surface area contributed by atoms with Gasteiger partial charge >= 0.3 is 0 Å². The van der Waals surface area contributed by atoms with Crippen LogP contribution in [0.5, 0.6) is 0 Å². The van der Waals surface area contributed by atoms with Gasteiger partial charge in [0.2, 0.25) is 0 Å². The zero-order chi connectivity index (χ0) is 19.3. The van der Waals surface area contributed by atoms with E-state index in [0.29, 0.717) is 5.92 Å². The minimum atomic E-state index is 0.460. The molecule has 0 aromatic carbocycles. The average Bonchev–Trinajstić information content (AvgIpc) is 3.18. The smallest absolute Gasteiger partial charge is 0.134 e. The molecule has 0 amide bonds. The van der Waals surface area contributed by atoms with E-state index >= 15 is 0 Å². The van der Waals surface area contributed by atoms with Crippen molar-refractivity contribution in [3.8, 4) is 0 Å². The van der Waals surface area contributed by atoms with Gasteiger partial charge in [-0.3, -0.25) is 9.58 Å². The highest BCUT2D eigenvalue weighted by Gasteiger charge is 2.23. The summed E-state index contributed by atoms with van der Waals surface area (Å²) in [6.45, 7) is 8.23. The molecule has 1 fully saturated rings. The molecule has 146 valence electrons. The molecule has 0 bridgehead atoms. The van der Waals surface area contributed by atoms with E-state index in [-0.39, 0.29) is 0 Å². The number of hydrogen-bond donors (Lipinski definition) is 1. The summed E-state index contributed by atoms with van der Waals surface area (Å²) in [5.74, 6) is 2.19. The Morgan fingerprint density at radius 1 is 1.21 bits per heavy atom. The van der Waals surface area contributed by atoms with Gasteiger partial charge in [-0.2, -0.15) is 5.10 Å². The van der Waals surface area contributed by atoms with Crippen LogP contribution in [0.4, 0.5) is 11.6 Å². The van der Waals surface area contributed by atoms with Crippen molar-refractivity contribution in [2.45, 2.75) is 45.7 Å². The van der Waals surface area contributed by atoms with Crippen LogP contribution < -0.4 is 5.32 Å². The monoisotopic (exact) mass is 376 g/mol. The van der Waals surface area contributed by atoms with Crippen LogP contribution in [-0.2, 0) is 13.1 Å². The first kappa shape index (κ1) is 18.6. The number of aromatic nitrogens is 4. The van der Waals surface area contributed by atoms with Gasteiger partial charge in [0.1, 0.15) is 11.6 Å². The Morgan fingerprint density at radius 2 is 2.14 bits per heavy atom. The fourth-order valence-corrected chi connectivity index (χ4v) is 3.85. The van der Waals surface area contributed by atoms with Gasteiger partial charge in [0.25, 0.3) is 0 Å². The summed E-state index contributed by atoms with van der Waals surface area (Å²) in [5.41, 5.74) is 3.57. The minimum absolute atomic E-state index is 0.460. The molecule has 6 nitrogen and oxygen atoms in total. The number of hydrogen-bond acceptors (Lipinski definition) is 5. The standard InChI is InChI=1S/C22H28N6/c1-3-28-15-18(13-24-28)14-27-12-6-8-19(16-27)20-9-4-10-21(25-20)26-22-17(2)7-5-11-23-22/h4-5,7,9-11,13,15,19H,3,6,8,12,14,16H2,1-2H3,(H,23,25,26)/t19-/m0/s1. The average molecular weight is 377 g/mol. The molecule has 3 aromatic heterocycles. The Bertz CT molecular complexity index is 919. The molecule has 3 aromatic rings. The van der Waals surface area contributed by atoms with Crippen LogP contribution >= 0.6 is 0 Å². The van der Waals surface area contributed by atoms with E-state index < -0.39 is 0 Å². The van der Waals surface area contributed by atoms with Gasteiger partial charge < -0.3 is 5.32 Å². The van der Waals surface area contributed by atoms with Crippen molar-refractivity contribution >= 4 is 11.6 Å². The van der Waals surface area contributed by atoms with Crippen LogP contribution in [0, 0.1) is 6.92 Å². The molecule has 1 saturated heterocycles. The lowest BCUT2D eigenvalue weighted by atomic mass is 9.94. The quantitative estimate of drug-likeness (QED) is 0.701. The summed E-state index contributed by atoms with van der Waals surface area (Å²) in [6.07, 6.45) is 8.33. The van der Waals surface area contributed by atoms with Crippen LogP contribution in [0.3, 0.4) is 0 Å². The normalized spacial score (nSPS) is 17.6. The van der Waals surface area contributed by atoms with Crippen molar-refractivity contribution in [3.05, 3.63) is 65.7 Å². The summed E-state index contributed by atoms with van der Waals surface area (Å²) in [4.78, 5) is 11.8. The first-order chi connectivity index (χ1) is 13.7. The van der Waals surface area contributed by atoms with Gasteiger partial charge in [-0.15, -0.1) is 0 Å². The molecule has 1 aliphatic heterocycles. The van der Waals surface area contributed by atoms with Gasteiger partial charge in [0.15, 0.2) is 0 Å². The number of aryl methyl sites for hydroxylation is 2. The largest absolute Gasteiger partial charge is 0.325 e. The molecule has 0 saturated carbocycles. The maximum Gasteiger partial charge on any atom is 0.134 e. The van der Waals surface area contributed by atoms with Gasteiger partial charge in [-0.25, -0.2) is 9.97 Å². The van der Waals surface area contributed by atoms with Crippen molar-refractivity contribution < 1.29 is 0 Å². The molecule has 0 radical (unpaired) electrons. The topological polar surface area (TPSA) is 58.9 Å². The molecular weight excluding hydrogens is 348 g/mol. The molecule has 0 unspecified atom stereocenters. The van der Waals surface area contributed by atoms with Crippen LogP contribution in [0.15, 0.2) is 48.9 Å². The molecule has 4 rings (SSSR count). The maximum atomic E-state index is 4.90. The van der Waals surface area contributed by atoms with Gasteiger partial charge in [0.05, 0.1) is 6.20 Å². The second-order valence-electron chi connectivity index (χ2n) is 7.52. The van der Waals surface area contributed by atoms with E-state index in [2.05, 4.69) is 58.5 Å². The van der Waals surface area contributed by atoms with Gasteiger partial charge in [-0.1, -0.05) is 12.1 Å². The number of rotatable bonds is 6. The number of nitrogens with one attached hydrogen (secondary N) is 1. The minimum Gasteiger partial charge on any atom is -0.325 e. The van der Waals surface area contributed by atoms with Crippen LogP contribution in [0.2, 0.25) is 0 Å². The predicted octanol–water partition coefficient (Wildman–Crippen LogP) is 4.12. The Morgan fingerprint density at radius 3 is 2.96 bits per heavy atom. The van der Waals surface area contributed by atoms with E-state index in [9.17, 15) is 0 Å². The highest BCUT2D eigenvalue weighted by Crippen LogP contribution is 2.28. The summed E-state index contributed by atoms with van der Waals surface area (Å²) < 4.78 is 1.99. The number of piperidine rings is 1. The maximum absolute atomic E-state index is 4.90.